The minimum absolute atomic E-state index is 0.0115. The lowest BCUT2D eigenvalue weighted by Crippen LogP contribution is -2.06. The molecule has 88 valence electrons. The van der Waals surface area contributed by atoms with Crippen molar-refractivity contribution in [3.63, 3.8) is 0 Å². The summed E-state index contributed by atoms with van der Waals surface area (Å²) in [6, 6.07) is 7.17. The molecule has 0 aliphatic rings. The van der Waals surface area contributed by atoms with Gasteiger partial charge in [-0.3, -0.25) is 4.79 Å². The van der Waals surface area contributed by atoms with Gasteiger partial charge < -0.3 is 9.47 Å². The van der Waals surface area contributed by atoms with Crippen LogP contribution >= 0.6 is 0 Å². The van der Waals surface area contributed by atoms with E-state index in [1.165, 1.54) is 7.11 Å². The summed E-state index contributed by atoms with van der Waals surface area (Å²) in [7, 11) is 1.51. The Morgan fingerprint density at radius 1 is 1.25 bits per heavy atom. The standard InChI is InChI=1S/C13H18O3/c1-3-4-9-16-12-7-5-11(6-8-12)13(14)10-15-2/h5-8H,3-4,9-10H2,1-2H3. The fourth-order valence-electron chi connectivity index (χ4n) is 1.29. The first-order chi connectivity index (χ1) is 7.77. The lowest BCUT2D eigenvalue weighted by Gasteiger charge is -2.05. The first-order valence-corrected chi connectivity index (χ1v) is 5.53. The quantitative estimate of drug-likeness (QED) is 0.525. The average molecular weight is 222 g/mol. The van der Waals surface area contributed by atoms with Gasteiger partial charge in [0.25, 0.3) is 0 Å². The highest BCUT2D eigenvalue weighted by Crippen LogP contribution is 2.13. The van der Waals surface area contributed by atoms with Gasteiger partial charge in [-0.2, -0.15) is 0 Å². The third-order valence-corrected chi connectivity index (χ3v) is 2.22. The summed E-state index contributed by atoms with van der Waals surface area (Å²) in [6.07, 6.45) is 2.16. The van der Waals surface area contributed by atoms with Crippen LogP contribution in [0.4, 0.5) is 0 Å². The van der Waals surface area contributed by atoms with E-state index in [0.29, 0.717) is 5.56 Å². The van der Waals surface area contributed by atoms with Crippen LogP contribution in [0.15, 0.2) is 24.3 Å². The first kappa shape index (κ1) is 12.7. The van der Waals surface area contributed by atoms with E-state index in [0.717, 1.165) is 25.2 Å². The van der Waals surface area contributed by atoms with Gasteiger partial charge >= 0.3 is 0 Å². The third kappa shape index (κ3) is 4.03. The smallest absolute Gasteiger partial charge is 0.188 e. The lowest BCUT2D eigenvalue weighted by molar-refractivity contribution is 0.0848. The molecule has 0 spiro atoms. The van der Waals surface area contributed by atoms with Crippen LogP contribution in [0, 0.1) is 0 Å². The van der Waals surface area contributed by atoms with Crippen LogP contribution in [0.2, 0.25) is 0 Å². The Hall–Kier alpha value is -1.35. The Labute approximate surface area is 96.4 Å². The average Bonchev–Trinajstić information content (AvgIpc) is 2.30. The summed E-state index contributed by atoms with van der Waals surface area (Å²) in [5.74, 6) is 0.796. The summed E-state index contributed by atoms with van der Waals surface area (Å²) < 4.78 is 10.3. The van der Waals surface area contributed by atoms with Gasteiger partial charge in [-0.15, -0.1) is 0 Å². The maximum absolute atomic E-state index is 11.5. The molecule has 0 aliphatic carbocycles. The Balaban J connectivity index is 2.50. The molecule has 16 heavy (non-hydrogen) atoms. The molecule has 0 saturated carbocycles. The van der Waals surface area contributed by atoms with Crippen molar-refractivity contribution in [1.29, 1.82) is 0 Å². The van der Waals surface area contributed by atoms with Crippen LogP contribution in [0.5, 0.6) is 5.75 Å². The summed E-state index contributed by atoms with van der Waals surface area (Å²) in [4.78, 5) is 11.5. The molecule has 0 aromatic heterocycles. The highest BCUT2D eigenvalue weighted by molar-refractivity contribution is 5.97. The molecule has 0 fully saturated rings. The second-order valence-corrected chi connectivity index (χ2v) is 3.58. The molecule has 0 saturated heterocycles. The zero-order valence-electron chi connectivity index (χ0n) is 9.86. The zero-order chi connectivity index (χ0) is 11.8. The van der Waals surface area contributed by atoms with Gasteiger partial charge in [0.2, 0.25) is 0 Å². The summed E-state index contributed by atoms with van der Waals surface area (Å²) >= 11 is 0. The molecule has 0 heterocycles. The van der Waals surface area contributed by atoms with Gasteiger partial charge in [-0.05, 0) is 30.7 Å². The molecule has 3 nitrogen and oxygen atoms in total. The topological polar surface area (TPSA) is 35.5 Å². The Kier molecular flexibility index (Phi) is 5.57. The Bertz CT molecular complexity index is 316. The van der Waals surface area contributed by atoms with Crippen LogP contribution in [0.3, 0.4) is 0 Å². The van der Waals surface area contributed by atoms with Gasteiger partial charge in [0.1, 0.15) is 12.4 Å². The van der Waals surface area contributed by atoms with Crippen molar-refractivity contribution in [3.8, 4) is 5.75 Å². The molecule has 0 unspecified atom stereocenters. The summed E-state index contributed by atoms with van der Waals surface area (Å²) in [5.41, 5.74) is 0.657. The lowest BCUT2D eigenvalue weighted by atomic mass is 10.1. The molecule has 0 amide bonds. The summed E-state index contributed by atoms with van der Waals surface area (Å²) in [6.45, 7) is 2.97. The van der Waals surface area contributed by atoms with Crippen molar-refractivity contribution in [2.75, 3.05) is 20.3 Å². The van der Waals surface area contributed by atoms with Crippen LogP contribution in [0.25, 0.3) is 0 Å². The maximum Gasteiger partial charge on any atom is 0.188 e. The third-order valence-electron chi connectivity index (χ3n) is 2.22. The molecule has 1 rings (SSSR count). The van der Waals surface area contributed by atoms with Crippen LogP contribution < -0.4 is 4.74 Å². The molecular weight excluding hydrogens is 204 g/mol. The maximum atomic E-state index is 11.5. The molecule has 1 aromatic rings. The second-order valence-electron chi connectivity index (χ2n) is 3.58. The number of Topliss-reactive ketones (excluding diaryl/α,β-unsaturated/α-hetero) is 1. The van der Waals surface area contributed by atoms with Crippen molar-refractivity contribution in [1.82, 2.24) is 0 Å². The number of carbonyl (C=O) groups excluding carboxylic acids is 1. The van der Waals surface area contributed by atoms with Crippen molar-refractivity contribution in [3.05, 3.63) is 29.8 Å². The number of rotatable bonds is 7. The molecule has 0 atom stereocenters. The van der Waals surface area contributed by atoms with E-state index >= 15 is 0 Å². The van der Waals surface area contributed by atoms with Crippen molar-refractivity contribution in [2.24, 2.45) is 0 Å². The van der Waals surface area contributed by atoms with Crippen molar-refractivity contribution >= 4 is 5.78 Å². The molecule has 0 radical (unpaired) electrons. The Morgan fingerprint density at radius 2 is 1.94 bits per heavy atom. The van der Waals surface area contributed by atoms with E-state index in [1.54, 1.807) is 12.1 Å². The van der Waals surface area contributed by atoms with Crippen molar-refractivity contribution < 1.29 is 14.3 Å². The molecule has 1 aromatic carbocycles. The number of hydrogen-bond acceptors (Lipinski definition) is 3. The number of benzene rings is 1. The minimum atomic E-state index is -0.0115. The van der Waals surface area contributed by atoms with Crippen LogP contribution in [0.1, 0.15) is 30.1 Å². The largest absolute Gasteiger partial charge is 0.494 e. The summed E-state index contributed by atoms with van der Waals surface area (Å²) in [5, 5.41) is 0. The van der Waals surface area contributed by atoms with Gasteiger partial charge in [-0.25, -0.2) is 0 Å². The normalized spacial score (nSPS) is 10.1. The van der Waals surface area contributed by atoms with E-state index in [1.807, 2.05) is 12.1 Å². The second kappa shape index (κ2) is 7.01. The predicted octanol–water partition coefficient (Wildman–Crippen LogP) is 2.69. The van der Waals surface area contributed by atoms with Crippen LogP contribution in [-0.4, -0.2) is 26.1 Å². The van der Waals surface area contributed by atoms with E-state index in [9.17, 15) is 4.79 Å². The monoisotopic (exact) mass is 222 g/mol. The highest BCUT2D eigenvalue weighted by atomic mass is 16.5. The molecule has 0 aliphatic heterocycles. The molecular formula is C13H18O3. The van der Waals surface area contributed by atoms with E-state index in [2.05, 4.69) is 6.92 Å². The molecule has 0 N–H and O–H groups in total. The highest BCUT2D eigenvalue weighted by Gasteiger charge is 2.04. The van der Waals surface area contributed by atoms with Gasteiger partial charge in [-0.1, -0.05) is 13.3 Å². The molecule has 3 heteroatoms. The van der Waals surface area contributed by atoms with Gasteiger partial charge in [0.15, 0.2) is 5.78 Å². The van der Waals surface area contributed by atoms with E-state index in [4.69, 9.17) is 9.47 Å². The van der Waals surface area contributed by atoms with Crippen LogP contribution in [-0.2, 0) is 4.74 Å². The fourth-order valence-corrected chi connectivity index (χ4v) is 1.29. The van der Waals surface area contributed by atoms with Crippen molar-refractivity contribution in [2.45, 2.75) is 19.8 Å². The van der Waals surface area contributed by atoms with E-state index in [-0.39, 0.29) is 12.4 Å². The Morgan fingerprint density at radius 3 is 2.50 bits per heavy atom. The first-order valence-electron chi connectivity index (χ1n) is 5.53. The van der Waals surface area contributed by atoms with Gasteiger partial charge in [0, 0.05) is 12.7 Å². The fraction of sp³-hybridized carbons (Fsp3) is 0.462. The number of methoxy groups -OCH3 is 1. The number of carbonyl (C=O) groups is 1. The number of ether oxygens (including phenoxy) is 2. The predicted molar refractivity (Wildman–Crippen MR) is 63.1 cm³/mol. The molecule has 0 bridgehead atoms. The number of unbranched alkanes of at least 4 members (excludes halogenated alkanes) is 1. The SMILES string of the molecule is CCCCOc1ccc(C(=O)COC)cc1. The van der Waals surface area contributed by atoms with Gasteiger partial charge in [0.05, 0.1) is 6.61 Å². The minimum Gasteiger partial charge on any atom is -0.494 e. The number of ketones is 1. The number of hydrogen-bond donors (Lipinski definition) is 0. The van der Waals surface area contributed by atoms with E-state index < -0.39 is 0 Å². The zero-order valence-corrected chi connectivity index (χ0v) is 9.86.